The van der Waals surface area contributed by atoms with Crippen LogP contribution in [0.15, 0.2) is 30.5 Å². The zero-order chi connectivity index (χ0) is 14.8. The predicted molar refractivity (Wildman–Crippen MR) is 87.5 cm³/mol. The van der Waals surface area contributed by atoms with Crippen molar-refractivity contribution in [3.05, 3.63) is 35.5 Å². The summed E-state index contributed by atoms with van der Waals surface area (Å²) >= 11 is 5.91. The first kappa shape index (κ1) is 14.1. The Labute approximate surface area is 130 Å². The Balaban J connectivity index is 1.90. The van der Waals surface area contributed by atoms with Gasteiger partial charge in [0.2, 0.25) is 5.95 Å². The fourth-order valence-corrected chi connectivity index (χ4v) is 2.90. The van der Waals surface area contributed by atoms with Crippen molar-refractivity contribution in [2.24, 2.45) is 0 Å². The van der Waals surface area contributed by atoms with Crippen LogP contribution in [0, 0.1) is 0 Å². The van der Waals surface area contributed by atoms with Gasteiger partial charge in [-0.25, -0.2) is 4.98 Å². The molecule has 4 nitrogen and oxygen atoms in total. The SMILES string of the molecule is CC1CCCCN1c1ncc(-c2ccc(Cl)cc2)c(N)n1. The monoisotopic (exact) mass is 302 g/mol. The van der Waals surface area contributed by atoms with Gasteiger partial charge >= 0.3 is 0 Å². The number of rotatable bonds is 2. The molecule has 21 heavy (non-hydrogen) atoms. The first-order valence-electron chi connectivity index (χ1n) is 7.30. The molecule has 1 aromatic heterocycles. The van der Waals surface area contributed by atoms with E-state index < -0.39 is 0 Å². The first-order valence-corrected chi connectivity index (χ1v) is 7.68. The van der Waals surface area contributed by atoms with Gasteiger partial charge in [-0.1, -0.05) is 23.7 Å². The van der Waals surface area contributed by atoms with Gasteiger partial charge in [0.25, 0.3) is 0 Å². The number of halogens is 1. The molecule has 0 saturated carbocycles. The van der Waals surface area contributed by atoms with Crippen molar-refractivity contribution in [2.45, 2.75) is 32.2 Å². The summed E-state index contributed by atoms with van der Waals surface area (Å²) in [6, 6.07) is 8.02. The van der Waals surface area contributed by atoms with E-state index in [1.165, 1.54) is 19.3 Å². The van der Waals surface area contributed by atoms with Crippen LogP contribution in [0.5, 0.6) is 0 Å². The second kappa shape index (κ2) is 5.90. The molecule has 0 bridgehead atoms. The molecule has 0 amide bonds. The van der Waals surface area contributed by atoms with E-state index in [4.69, 9.17) is 17.3 Å². The highest BCUT2D eigenvalue weighted by atomic mass is 35.5. The highest BCUT2D eigenvalue weighted by molar-refractivity contribution is 6.30. The second-order valence-electron chi connectivity index (χ2n) is 5.51. The van der Waals surface area contributed by atoms with Gasteiger partial charge in [-0.3, -0.25) is 0 Å². The Morgan fingerprint density at radius 2 is 2.00 bits per heavy atom. The highest BCUT2D eigenvalue weighted by Crippen LogP contribution is 2.28. The largest absolute Gasteiger partial charge is 0.383 e. The van der Waals surface area contributed by atoms with E-state index in [0.717, 1.165) is 23.6 Å². The highest BCUT2D eigenvalue weighted by Gasteiger charge is 2.21. The molecule has 5 heteroatoms. The van der Waals surface area contributed by atoms with Crippen LogP contribution in [-0.4, -0.2) is 22.6 Å². The third kappa shape index (κ3) is 2.95. The lowest BCUT2D eigenvalue weighted by molar-refractivity contribution is 0.477. The van der Waals surface area contributed by atoms with Crippen molar-refractivity contribution in [2.75, 3.05) is 17.2 Å². The average molecular weight is 303 g/mol. The number of anilines is 2. The standard InChI is InChI=1S/C16H19ClN4/c1-11-4-2-3-9-21(11)16-19-10-14(15(18)20-16)12-5-7-13(17)8-6-12/h5-8,10-11H,2-4,9H2,1H3,(H2,18,19,20). The molecule has 0 radical (unpaired) electrons. The summed E-state index contributed by atoms with van der Waals surface area (Å²) in [7, 11) is 0. The molecule has 1 saturated heterocycles. The fourth-order valence-electron chi connectivity index (χ4n) is 2.77. The lowest BCUT2D eigenvalue weighted by atomic mass is 10.0. The van der Waals surface area contributed by atoms with Crippen LogP contribution in [0.4, 0.5) is 11.8 Å². The summed E-state index contributed by atoms with van der Waals surface area (Å²) in [5.41, 5.74) is 7.96. The Morgan fingerprint density at radius 3 is 2.67 bits per heavy atom. The minimum atomic E-state index is 0.472. The van der Waals surface area contributed by atoms with Crippen LogP contribution in [-0.2, 0) is 0 Å². The number of hydrogen-bond donors (Lipinski definition) is 1. The van der Waals surface area contributed by atoms with Crippen LogP contribution >= 0.6 is 11.6 Å². The molecule has 0 spiro atoms. The van der Waals surface area contributed by atoms with Gasteiger partial charge in [0, 0.05) is 29.4 Å². The summed E-state index contributed by atoms with van der Waals surface area (Å²) in [6.07, 6.45) is 5.45. The summed E-state index contributed by atoms with van der Waals surface area (Å²) in [5.74, 6) is 1.25. The number of aromatic nitrogens is 2. The first-order chi connectivity index (χ1) is 10.1. The smallest absolute Gasteiger partial charge is 0.227 e. The maximum absolute atomic E-state index is 6.13. The van der Waals surface area contributed by atoms with E-state index in [1.54, 1.807) is 0 Å². The van der Waals surface area contributed by atoms with E-state index in [1.807, 2.05) is 30.5 Å². The zero-order valence-electron chi connectivity index (χ0n) is 12.1. The van der Waals surface area contributed by atoms with Gasteiger partial charge in [0.1, 0.15) is 5.82 Å². The van der Waals surface area contributed by atoms with Gasteiger partial charge in [-0.15, -0.1) is 0 Å². The lowest BCUT2D eigenvalue weighted by Crippen LogP contribution is -2.38. The van der Waals surface area contributed by atoms with Crippen LogP contribution < -0.4 is 10.6 Å². The van der Waals surface area contributed by atoms with Gasteiger partial charge in [0.15, 0.2) is 0 Å². The minimum absolute atomic E-state index is 0.472. The topological polar surface area (TPSA) is 55.0 Å². The third-order valence-electron chi connectivity index (χ3n) is 4.02. The number of nitrogens with two attached hydrogens (primary N) is 1. The van der Waals surface area contributed by atoms with Crippen molar-refractivity contribution in [3.8, 4) is 11.1 Å². The molecule has 1 aliphatic heterocycles. The number of hydrogen-bond acceptors (Lipinski definition) is 4. The molecule has 1 unspecified atom stereocenters. The molecule has 1 aliphatic rings. The molecule has 1 aromatic carbocycles. The summed E-state index contributed by atoms with van der Waals surface area (Å²) in [6.45, 7) is 3.21. The van der Waals surface area contributed by atoms with Gasteiger partial charge in [-0.05, 0) is 43.9 Å². The van der Waals surface area contributed by atoms with Crippen molar-refractivity contribution < 1.29 is 0 Å². The number of nitrogens with zero attached hydrogens (tertiary/aromatic N) is 3. The molecule has 1 atom stereocenters. The minimum Gasteiger partial charge on any atom is -0.383 e. The molecule has 3 rings (SSSR count). The molecule has 0 aliphatic carbocycles. The van der Waals surface area contributed by atoms with E-state index >= 15 is 0 Å². The summed E-state index contributed by atoms with van der Waals surface area (Å²) in [4.78, 5) is 11.3. The van der Waals surface area contributed by atoms with Gasteiger partial charge in [-0.2, -0.15) is 4.98 Å². The number of piperidine rings is 1. The molecule has 2 heterocycles. The molecule has 2 aromatic rings. The average Bonchev–Trinajstić information content (AvgIpc) is 2.49. The predicted octanol–water partition coefficient (Wildman–Crippen LogP) is 3.76. The van der Waals surface area contributed by atoms with Crippen LogP contribution in [0.25, 0.3) is 11.1 Å². The Hall–Kier alpha value is -1.81. The fraction of sp³-hybridized carbons (Fsp3) is 0.375. The van der Waals surface area contributed by atoms with E-state index in [0.29, 0.717) is 16.9 Å². The van der Waals surface area contributed by atoms with Crippen molar-refractivity contribution in [1.29, 1.82) is 0 Å². The van der Waals surface area contributed by atoms with Gasteiger partial charge in [0.05, 0.1) is 0 Å². The second-order valence-corrected chi connectivity index (χ2v) is 5.95. The zero-order valence-corrected chi connectivity index (χ0v) is 12.8. The van der Waals surface area contributed by atoms with E-state index in [-0.39, 0.29) is 0 Å². The third-order valence-corrected chi connectivity index (χ3v) is 4.27. The Morgan fingerprint density at radius 1 is 1.24 bits per heavy atom. The summed E-state index contributed by atoms with van der Waals surface area (Å²) < 4.78 is 0. The van der Waals surface area contributed by atoms with Crippen molar-refractivity contribution in [3.63, 3.8) is 0 Å². The van der Waals surface area contributed by atoms with Crippen molar-refractivity contribution >= 4 is 23.4 Å². The normalized spacial score (nSPS) is 18.8. The van der Waals surface area contributed by atoms with Crippen molar-refractivity contribution in [1.82, 2.24) is 9.97 Å². The van der Waals surface area contributed by atoms with Crippen LogP contribution in [0.2, 0.25) is 5.02 Å². The quantitative estimate of drug-likeness (QED) is 0.917. The van der Waals surface area contributed by atoms with Crippen LogP contribution in [0.1, 0.15) is 26.2 Å². The van der Waals surface area contributed by atoms with E-state index in [2.05, 4.69) is 21.8 Å². The maximum atomic E-state index is 6.13. The van der Waals surface area contributed by atoms with Gasteiger partial charge < -0.3 is 10.6 Å². The molecular formula is C16H19ClN4. The lowest BCUT2D eigenvalue weighted by Gasteiger charge is -2.33. The molecular weight excluding hydrogens is 284 g/mol. The summed E-state index contributed by atoms with van der Waals surface area (Å²) in [5, 5.41) is 0.706. The molecule has 1 fully saturated rings. The van der Waals surface area contributed by atoms with Crippen LogP contribution in [0.3, 0.4) is 0 Å². The Bertz CT molecular complexity index is 627. The maximum Gasteiger partial charge on any atom is 0.227 e. The molecule has 110 valence electrons. The Kier molecular flexibility index (Phi) is 3.97. The number of nitrogen functional groups attached to an aromatic ring is 1. The molecule has 2 N–H and O–H groups in total. The number of benzene rings is 1. The van der Waals surface area contributed by atoms with E-state index in [9.17, 15) is 0 Å².